The average Bonchev–Trinajstić information content (AvgIpc) is 2.97. The zero-order valence-electron chi connectivity index (χ0n) is 22.1. The van der Waals surface area contributed by atoms with Gasteiger partial charge in [0.05, 0.1) is 41.4 Å². The van der Waals surface area contributed by atoms with Gasteiger partial charge in [-0.25, -0.2) is 4.98 Å². The molecule has 10 heteroatoms. The second-order valence-electron chi connectivity index (χ2n) is 9.73. The fourth-order valence-corrected chi connectivity index (χ4v) is 5.68. The molecule has 3 aromatic rings. The number of benzene rings is 2. The summed E-state index contributed by atoms with van der Waals surface area (Å²) in [5.41, 5.74) is 1.24. The molecule has 2 fully saturated rings. The van der Waals surface area contributed by atoms with Crippen molar-refractivity contribution in [3.05, 3.63) is 62.6 Å². The van der Waals surface area contributed by atoms with Crippen LogP contribution in [0.4, 0.5) is 0 Å². The molecule has 1 aliphatic heterocycles. The number of rotatable bonds is 8. The van der Waals surface area contributed by atoms with Crippen LogP contribution in [0.15, 0.2) is 50.8 Å². The number of carbonyl (C=O) groups is 1. The summed E-state index contributed by atoms with van der Waals surface area (Å²) >= 11 is 3.57. The summed E-state index contributed by atoms with van der Waals surface area (Å²) in [6.45, 7) is 4.38. The normalized spacial score (nSPS) is 16.6. The van der Waals surface area contributed by atoms with E-state index in [0.29, 0.717) is 71.2 Å². The summed E-state index contributed by atoms with van der Waals surface area (Å²) in [4.78, 5) is 32.7. The van der Waals surface area contributed by atoms with Crippen molar-refractivity contribution in [1.82, 2.24) is 14.6 Å². The first-order chi connectivity index (χ1) is 19.0. The van der Waals surface area contributed by atoms with Crippen molar-refractivity contribution < 1.29 is 19.0 Å². The van der Waals surface area contributed by atoms with Crippen LogP contribution >= 0.6 is 15.9 Å². The predicted octanol–water partition coefficient (Wildman–Crippen LogP) is 4.73. The number of nitrogens with zero attached hydrogens (tertiary/aromatic N) is 4. The van der Waals surface area contributed by atoms with Crippen LogP contribution in [0.2, 0.25) is 0 Å². The number of para-hydroxylation sites is 1. The van der Waals surface area contributed by atoms with E-state index in [4.69, 9.17) is 19.2 Å². The van der Waals surface area contributed by atoms with E-state index in [-0.39, 0.29) is 24.0 Å². The Hall–Kier alpha value is -3.24. The number of carbonyl (C=O) groups excluding carboxylic acids is 1. The first-order valence-electron chi connectivity index (χ1n) is 13.6. The largest absolute Gasteiger partial charge is 0.490 e. The standard InChI is InChI=1S/C29H33BrN4O5/c1-2-38-25-17-20(16-23(30)27(25)39-19-26(35)33-12-14-37-15-13-33)18-31-34-28(21-8-4-3-5-9-21)32-24-11-7-6-10-22(24)29(34)36/h6-7,10-11,16-18,21H,2-5,8-9,12-15,19H2,1H3. The van der Waals surface area contributed by atoms with Crippen molar-refractivity contribution in [1.29, 1.82) is 0 Å². The molecule has 0 radical (unpaired) electrons. The molecular formula is C29H33BrN4O5. The maximum atomic E-state index is 13.5. The summed E-state index contributed by atoms with van der Waals surface area (Å²) in [5, 5.41) is 5.18. The number of hydrogen-bond acceptors (Lipinski definition) is 7. The van der Waals surface area contributed by atoms with E-state index in [1.165, 1.54) is 11.1 Å². The van der Waals surface area contributed by atoms with Gasteiger partial charge in [0.15, 0.2) is 18.1 Å². The van der Waals surface area contributed by atoms with E-state index in [1.807, 2.05) is 31.2 Å². The van der Waals surface area contributed by atoms with Crippen LogP contribution in [-0.2, 0) is 9.53 Å². The Morgan fingerprint density at radius 2 is 1.92 bits per heavy atom. The third-order valence-corrected chi connectivity index (χ3v) is 7.70. The quantitative estimate of drug-likeness (QED) is 0.349. The summed E-state index contributed by atoms with van der Waals surface area (Å²) in [6.07, 6.45) is 7.08. The molecule has 2 aromatic carbocycles. The average molecular weight is 598 g/mol. The minimum atomic E-state index is -0.178. The maximum Gasteiger partial charge on any atom is 0.282 e. The molecule has 0 unspecified atom stereocenters. The van der Waals surface area contributed by atoms with Crippen LogP contribution in [0.3, 0.4) is 0 Å². The Morgan fingerprint density at radius 1 is 1.15 bits per heavy atom. The molecule has 0 bridgehead atoms. The minimum Gasteiger partial charge on any atom is -0.490 e. The topological polar surface area (TPSA) is 95.2 Å². The van der Waals surface area contributed by atoms with Crippen LogP contribution in [0, 0.1) is 0 Å². The molecule has 1 aliphatic carbocycles. The summed E-state index contributed by atoms with van der Waals surface area (Å²) in [6, 6.07) is 11.0. The van der Waals surface area contributed by atoms with Crippen molar-refractivity contribution in [3.8, 4) is 11.5 Å². The summed E-state index contributed by atoms with van der Waals surface area (Å²) in [7, 11) is 0. The Labute approximate surface area is 235 Å². The van der Waals surface area contributed by atoms with E-state index >= 15 is 0 Å². The summed E-state index contributed by atoms with van der Waals surface area (Å²) < 4.78 is 19.2. The van der Waals surface area contributed by atoms with Gasteiger partial charge in [0, 0.05) is 19.0 Å². The molecule has 2 heterocycles. The lowest BCUT2D eigenvalue weighted by Gasteiger charge is -2.27. The highest BCUT2D eigenvalue weighted by molar-refractivity contribution is 9.10. The van der Waals surface area contributed by atoms with Crippen molar-refractivity contribution in [3.63, 3.8) is 0 Å². The minimum absolute atomic E-state index is 0.100. The van der Waals surface area contributed by atoms with Crippen LogP contribution in [0.25, 0.3) is 10.9 Å². The lowest BCUT2D eigenvalue weighted by atomic mass is 9.88. The number of hydrogen-bond donors (Lipinski definition) is 0. The molecular weight excluding hydrogens is 564 g/mol. The monoisotopic (exact) mass is 596 g/mol. The van der Waals surface area contributed by atoms with Gasteiger partial charge in [-0.1, -0.05) is 31.4 Å². The van der Waals surface area contributed by atoms with Crippen molar-refractivity contribution in [2.45, 2.75) is 44.9 Å². The molecule has 39 heavy (non-hydrogen) atoms. The number of amides is 1. The fourth-order valence-electron chi connectivity index (χ4n) is 5.11. The molecule has 1 aromatic heterocycles. The van der Waals surface area contributed by atoms with Crippen LogP contribution in [-0.4, -0.2) is 66.2 Å². The molecule has 0 N–H and O–H groups in total. The highest BCUT2D eigenvalue weighted by atomic mass is 79.9. The second kappa shape index (κ2) is 12.7. The number of morpholine rings is 1. The van der Waals surface area contributed by atoms with Crippen molar-refractivity contribution in [2.75, 3.05) is 39.5 Å². The van der Waals surface area contributed by atoms with E-state index in [0.717, 1.165) is 25.7 Å². The molecule has 1 amide bonds. The zero-order valence-corrected chi connectivity index (χ0v) is 23.7. The SMILES string of the molecule is CCOc1cc(C=Nn2c(C3CCCCC3)nc3ccccc3c2=O)cc(Br)c1OCC(=O)N1CCOCC1. The van der Waals surface area contributed by atoms with Gasteiger partial charge in [-0.15, -0.1) is 0 Å². The fraction of sp³-hybridized carbons (Fsp3) is 0.448. The van der Waals surface area contributed by atoms with E-state index < -0.39 is 0 Å². The molecule has 0 spiro atoms. The number of halogens is 1. The van der Waals surface area contributed by atoms with Crippen LogP contribution in [0.1, 0.15) is 56.3 Å². The van der Waals surface area contributed by atoms with Gasteiger partial charge >= 0.3 is 0 Å². The van der Waals surface area contributed by atoms with Crippen molar-refractivity contribution in [2.24, 2.45) is 5.10 Å². The molecule has 5 rings (SSSR count). The molecule has 9 nitrogen and oxygen atoms in total. The Morgan fingerprint density at radius 3 is 2.69 bits per heavy atom. The Kier molecular flexibility index (Phi) is 8.93. The van der Waals surface area contributed by atoms with Gasteiger partial charge in [0.2, 0.25) is 0 Å². The third kappa shape index (κ3) is 6.33. The zero-order chi connectivity index (χ0) is 27.2. The highest BCUT2D eigenvalue weighted by Gasteiger charge is 2.23. The van der Waals surface area contributed by atoms with Gasteiger partial charge < -0.3 is 19.1 Å². The summed E-state index contributed by atoms with van der Waals surface area (Å²) in [5.74, 6) is 1.73. The second-order valence-corrected chi connectivity index (χ2v) is 10.6. The van der Waals surface area contributed by atoms with Gasteiger partial charge in [-0.3, -0.25) is 9.59 Å². The molecule has 206 valence electrons. The Bertz CT molecular complexity index is 1410. The first-order valence-corrected chi connectivity index (χ1v) is 14.3. The molecule has 2 aliphatic rings. The Balaban J connectivity index is 1.44. The van der Waals surface area contributed by atoms with Crippen LogP contribution in [0.5, 0.6) is 11.5 Å². The van der Waals surface area contributed by atoms with Gasteiger partial charge in [0.1, 0.15) is 5.82 Å². The van der Waals surface area contributed by atoms with Gasteiger partial charge in [-0.2, -0.15) is 9.78 Å². The lowest BCUT2D eigenvalue weighted by Crippen LogP contribution is -2.43. The van der Waals surface area contributed by atoms with E-state index in [9.17, 15) is 9.59 Å². The molecule has 1 saturated heterocycles. The number of ether oxygens (including phenoxy) is 3. The van der Waals surface area contributed by atoms with Gasteiger partial charge in [-0.05, 0) is 65.5 Å². The first kappa shape index (κ1) is 27.3. The van der Waals surface area contributed by atoms with E-state index in [1.54, 1.807) is 23.2 Å². The predicted molar refractivity (Wildman–Crippen MR) is 153 cm³/mol. The smallest absolute Gasteiger partial charge is 0.282 e. The third-order valence-electron chi connectivity index (χ3n) is 7.11. The lowest BCUT2D eigenvalue weighted by molar-refractivity contribution is -0.137. The van der Waals surface area contributed by atoms with Crippen molar-refractivity contribution >= 4 is 39.0 Å². The van der Waals surface area contributed by atoms with Crippen LogP contribution < -0.4 is 15.0 Å². The van der Waals surface area contributed by atoms with E-state index in [2.05, 4.69) is 21.0 Å². The number of aromatic nitrogens is 2. The molecule has 0 atom stereocenters. The molecule has 1 saturated carbocycles. The number of fused-ring (bicyclic) bond motifs is 1. The van der Waals surface area contributed by atoms with Gasteiger partial charge in [0.25, 0.3) is 11.5 Å². The highest BCUT2D eigenvalue weighted by Crippen LogP contribution is 2.37. The maximum absolute atomic E-state index is 13.5.